The van der Waals surface area contributed by atoms with Crippen LogP contribution in [-0.4, -0.2) is 40.3 Å². The summed E-state index contributed by atoms with van der Waals surface area (Å²) in [5.74, 6) is -0.699. The predicted molar refractivity (Wildman–Crippen MR) is 101 cm³/mol. The Hall–Kier alpha value is -3.35. The fraction of sp³-hybridized carbons (Fsp3) is 0.250. The first kappa shape index (κ1) is 18.4. The maximum atomic E-state index is 12.4. The number of esters is 1. The Bertz CT molecular complexity index is 957. The number of hydrogen-bond donors (Lipinski definition) is 2. The zero-order valence-electron chi connectivity index (χ0n) is 15.6. The fourth-order valence-corrected chi connectivity index (χ4v) is 3.01. The van der Waals surface area contributed by atoms with Crippen molar-refractivity contribution in [2.75, 3.05) is 13.7 Å². The van der Waals surface area contributed by atoms with Crippen molar-refractivity contribution in [2.45, 2.75) is 20.3 Å². The Morgan fingerprint density at radius 3 is 2.67 bits per heavy atom. The van der Waals surface area contributed by atoms with E-state index < -0.39 is 5.97 Å². The number of carbonyl (C=O) groups is 2. The molecule has 0 spiro atoms. The predicted octanol–water partition coefficient (Wildman–Crippen LogP) is 2.58. The van der Waals surface area contributed by atoms with Crippen LogP contribution < -0.4 is 5.32 Å². The van der Waals surface area contributed by atoms with Gasteiger partial charge in [0, 0.05) is 18.4 Å². The van der Waals surface area contributed by atoms with Gasteiger partial charge >= 0.3 is 5.97 Å². The van der Waals surface area contributed by atoms with Crippen LogP contribution in [0.5, 0.6) is 0 Å². The SMILES string of the molecule is COC(=O)c1c(C)[nH]c(C(=O)NCCc2cnn(-c3ccccc3)c2)c1C. The van der Waals surface area contributed by atoms with Gasteiger partial charge in [-0.2, -0.15) is 5.10 Å². The lowest BCUT2D eigenvalue weighted by Gasteiger charge is -2.04. The molecule has 2 heterocycles. The number of benzene rings is 1. The average Bonchev–Trinajstić information content (AvgIpc) is 3.26. The van der Waals surface area contributed by atoms with E-state index in [0.29, 0.717) is 35.5 Å². The number of rotatable bonds is 6. The van der Waals surface area contributed by atoms with Gasteiger partial charge in [-0.05, 0) is 43.5 Å². The van der Waals surface area contributed by atoms with E-state index in [9.17, 15) is 9.59 Å². The van der Waals surface area contributed by atoms with Crippen LogP contribution in [0.3, 0.4) is 0 Å². The van der Waals surface area contributed by atoms with Gasteiger partial charge in [0.05, 0.1) is 24.6 Å². The quantitative estimate of drug-likeness (QED) is 0.656. The first-order valence-corrected chi connectivity index (χ1v) is 8.66. The van der Waals surface area contributed by atoms with Crippen LogP contribution in [0.1, 0.15) is 37.7 Å². The second kappa shape index (κ2) is 7.90. The Morgan fingerprint density at radius 2 is 1.96 bits per heavy atom. The van der Waals surface area contributed by atoms with Gasteiger partial charge in [0.15, 0.2) is 0 Å². The molecule has 0 unspecified atom stereocenters. The number of nitrogens with one attached hydrogen (secondary N) is 2. The van der Waals surface area contributed by atoms with Gasteiger partial charge in [0.1, 0.15) is 5.69 Å². The van der Waals surface area contributed by atoms with E-state index in [1.54, 1.807) is 24.7 Å². The molecule has 0 aliphatic heterocycles. The minimum atomic E-state index is -0.450. The third kappa shape index (κ3) is 3.92. The molecule has 7 heteroatoms. The number of H-pyrrole nitrogens is 1. The summed E-state index contributed by atoms with van der Waals surface area (Å²) in [5, 5.41) is 7.22. The first-order chi connectivity index (χ1) is 13.0. The lowest BCUT2D eigenvalue weighted by Crippen LogP contribution is -2.26. The standard InChI is InChI=1S/C20H22N4O3/c1-13-17(20(26)27-3)14(2)23-18(13)19(25)21-10-9-15-11-22-24(12-15)16-7-5-4-6-8-16/h4-8,11-12,23H,9-10H2,1-3H3,(H,21,25). The second-order valence-corrected chi connectivity index (χ2v) is 6.25. The first-order valence-electron chi connectivity index (χ1n) is 8.66. The van der Waals surface area contributed by atoms with Crippen LogP contribution >= 0.6 is 0 Å². The highest BCUT2D eigenvalue weighted by atomic mass is 16.5. The highest BCUT2D eigenvalue weighted by Gasteiger charge is 2.22. The molecule has 3 aromatic rings. The number of ether oxygens (including phenoxy) is 1. The van der Waals surface area contributed by atoms with Crippen LogP contribution in [0.4, 0.5) is 0 Å². The van der Waals surface area contributed by atoms with Crippen molar-refractivity contribution in [3.05, 3.63) is 70.8 Å². The molecule has 1 amide bonds. The van der Waals surface area contributed by atoms with Crippen molar-refractivity contribution in [2.24, 2.45) is 0 Å². The summed E-state index contributed by atoms with van der Waals surface area (Å²) in [5.41, 5.74) is 4.01. The molecule has 1 aromatic carbocycles. The van der Waals surface area contributed by atoms with Crippen molar-refractivity contribution in [1.82, 2.24) is 20.1 Å². The number of amides is 1. The molecule has 2 aromatic heterocycles. The molecule has 27 heavy (non-hydrogen) atoms. The molecule has 0 saturated heterocycles. The van der Waals surface area contributed by atoms with Gasteiger partial charge in [-0.3, -0.25) is 4.79 Å². The van der Waals surface area contributed by atoms with Gasteiger partial charge in [-0.25, -0.2) is 9.48 Å². The lowest BCUT2D eigenvalue weighted by atomic mass is 10.1. The monoisotopic (exact) mass is 366 g/mol. The summed E-state index contributed by atoms with van der Waals surface area (Å²) >= 11 is 0. The molecule has 7 nitrogen and oxygen atoms in total. The van der Waals surface area contributed by atoms with Crippen LogP contribution in [-0.2, 0) is 11.2 Å². The van der Waals surface area contributed by atoms with Crippen molar-refractivity contribution >= 4 is 11.9 Å². The topological polar surface area (TPSA) is 89.0 Å². The molecule has 3 rings (SSSR count). The minimum Gasteiger partial charge on any atom is -0.465 e. The molecule has 0 bridgehead atoms. The van der Waals surface area contributed by atoms with E-state index in [4.69, 9.17) is 4.74 Å². The van der Waals surface area contributed by atoms with Crippen molar-refractivity contribution in [1.29, 1.82) is 0 Å². The maximum absolute atomic E-state index is 12.4. The number of nitrogens with zero attached hydrogens (tertiary/aromatic N) is 2. The summed E-state index contributed by atoms with van der Waals surface area (Å²) in [6.45, 7) is 3.94. The van der Waals surface area contributed by atoms with E-state index in [0.717, 1.165) is 11.3 Å². The van der Waals surface area contributed by atoms with E-state index in [2.05, 4.69) is 15.4 Å². The number of aryl methyl sites for hydroxylation is 1. The highest BCUT2D eigenvalue weighted by Crippen LogP contribution is 2.18. The number of aromatic nitrogens is 3. The number of methoxy groups -OCH3 is 1. The number of aromatic amines is 1. The lowest BCUT2D eigenvalue weighted by molar-refractivity contribution is 0.0599. The summed E-state index contributed by atoms with van der Waals surface area (Å²) in [7, 11) is 1.32. The van der Waals surface area contributed by atoms with Gasteiger partial charge in [0.25, 0.3) is 5.91 Å². The molecule has 0 aliphatic carbocycles. The maximum Gasteiger partial charge on any atom is 0.339 e. The molecule has 2 N–H and O–H groups in total. The minimum absolute atomic E-state index is 0.249. The van der Waals surface area contributed by atoms with Crippen LogP contribution in [0.15, 0.2) is 42.7 Å². The normalized spacial score (nSPS) is 10.6. The third-order valence-corrected chi connectivity index (χ3v) is 4.41. The smallest absolute Gasteiger partial charge is 0.339 e. The molecular formula is C20H22N4O3. The molecule has 0 saturated carbocycles. The van der Waals surface area contributed by atoms with Crippen molar-refractivity contribution < 1.29 is 14.3 Å². The average molecular weight is 366 g/mol. The van der Waals surface area contributed by atoms with Gasteiger partial charge < -0.3 is 15.0 Å². The zero-order valence-corrected chi connectivity index (χ0v) is 15.6. The summed E-state index contributed by atoms with van der Waals surface area (Å²) in [6, 6.07) is 9.83. The van der Waals surface area contributed by atoms with E-state index in [-0.39, 0.29) is 5.91 Å². The molecule has 0 fully saturated rings. The van der Waals surface area contributed by atoms with Crippen molar-refractivity contribution in [3.8, 4) is 5.69 Å². The summed E-state index contributed by atoms with van der Waals surface area (Å²) in [4.78, 5) is 27.2. The second-order valence-electron chi connectivity index (χ2n) is 6.25. The molecule has 0 radical (unpaired) electrons. The summed E-state index contributed by atoms with van der Waals surface area (Å²) < 4.78 is 6.57. The van der Waals surface area contributed by atoms with Crippen molar-refractivity contribution in [3.63, 3.8) is 0 Å². The largest absolute Gasteiger partial charge is 0.465 e. The number of para-hydroxylation sites is 1. The fourth-order valence-electron chi connectivity index (χ4n) is 3.01. The molecular weight excluding hydrogens is 344 g/mol. The van der Waals surface area contributed by atoms with Crippen LogP contribution in [0.25, 0.3) is 5.69 Å². The van der Waals surface area contributed by atoms with E-state index >= 15 is 0 Å². The van der Waals surface area contributed by atoms with E-state index in [1.807, 2.05) is 36.5 Å². The Kier molecular flexibility index (Phi) is 5.40. The molecule has 0 aliphatic rings. The van der Waals surface area contributed by atoms with Crippen LogP contribution in [0.2, 0.25) is 0 Å². The number of carbonyl (C=O) groups excluding carboxylic acids is 2. The van der Waals surface area contributed by atoms with Gasteiger partial charge in [-0.1, -0.05) is 18.2 Å². The Labute approximate surface area is 157 Å². The van der Waals surface area contributed by atoms with Crippen LogP contribution in [0, 0.1) is 13.8 Å². The van der Waals surface area contributed by atoms with Gasteiger partial charge in [-0.15, -0.1) is 0 Å². The zero-order chi connectivity index (χ0) is 19.4. The molecule has 0 atom stereocenters. The summed E-state index contributed by atoms with van der Waals surface area (Å²) in [6.07, 6.45) is 4.39. The number of hydrogen-bond acceptors (Lipinski definition) is 4. The Balaban J connectivity index is 1.61. The Morgan fingerprint density at radius 1 is 1.22 bits per heavy atom. The van der Waals surface area contributed by atoms with Gasteiger partial charge in [0.2, 0.25) is 0 Å². The third-order valence-electron chi connectivity index (χ3n) is 4.41. The highest BCUT2D eigenvalue weighted by molar-refractivity contribution is 6.00. The van der Waals surface area contributed by atoms with E-state index in [1.165, 1.54) is 7.11 Å². The molecule has 140 valence electrons.